The molecule has 28 heavy (non-hydrogen) atoms. The Labute approximate surface area is 157 Å². The summed E-state index contributed by atoms with van der Waals surface area (Å²) in [5, 5.41) is 22.8. The Kier molecular flexibility index (Phi) is 4.88. The van der Waals surface area contributed by atoms with E-state index < -0.39 is 28.4 Å². The molecule has 0 aliphatic rings. The highest BCUT2D eigenvalue weighted by molar-refractivity contribution is 5.90. The van der Waals surface area contributed by atoms with Crippen molar-refractivity contribution in [3.63, 3.8) is 0 Å². The average molecular weight is 391 g/mol. The van der Waals surface area contributed by atoms with Crippen molar-refractivity contribution in [1.82, 2.24) is 15.2 Å². The molecule has 3 rings (SSSR count). The van der Waals surface area contributed by atoms with E-state index in [4.69, 9.17) is 0 Å². The van der Waals surface area contributed by atoms with Gasteiger partial charge in [-0.1, -0.05) is 0 Å². The van der Waals surface area contributed by atoms with Crippen LogP contribution in [0.15, 0.2) is 30.5 Å². The molecule has 146 valence electrons. The topological polar surface area (TPSA) is 93.8 Å². The van der Waals surface area contributed by atoms with E-state index in [2.05, 4.69) is 20.5 Å². The predicted octanol–water partition coefficient (Wildman–Crippen LogP) is 4.74. The molecule has 2 aromatic heterocycles. The quantitative estimate of drug-likeness (QED) is 0.510. The summed E-state index contributed by atoms with van der Waals surface area (Å²) in [6.45, 7) is 5.20. The Bertz CT molecular complexity index is 1070. The predicted molar refractivity (Wildman–Crippen MR) is 96.9 cm³/mol. The number of aryl methyl sites for hydroxylation is 2. The molecule has 0 bridgehead atoms. The number of anilines is 1. The highest BCUT2D eigenvalue weighted by Crippen LogP contribution is 2.35. The number of hydrogen-bond donors (Lipinski definition) is 1. The van der Waals surface area contributed by atoms with Crippen molar-refractivity contribution in [3.8, 4) is 0 Å². The van der Waals surface area contributed by atoms with Crippen LogP contribution in [0.4, 0.5) is 24.7 Å². The number of nitrogens with one attached hydrogen (secondary N) is 1. The van der Waals surface area contributed by atoms with Crippen molar-refractivity contribution in [2.24, 2.45) is 0 Å². The lowest BCUT2D eigenvalue weighted by Crippen LogP contribution is -2.13. The fraction of sp³-hybridized carbons (Fsp3) is 0.278. The van der Waals surface area contributed by atoms with Crippen molar-refractivity contribution in [1.29, 1.82) is 0 Å². The van der Waals surface area contributed by atoms with Gasteiger partial charge >= 0.3 is 6.18 Å². The van der Waals surface area contributed by atoms with Crippen LogP contribution in [0.2, 0.25) is 0 Å². The summed E-state index contributed by atoms with van der Waals surface area (Å²) in [5.74, 6) is 0.337. The second kappa shape index (κ2) is 7.02. The van der Waals surface area contributed by atoms with Gasteiger partial charge in [-0.2, -0.15) is 18.3 Å². The maximum absolute atomic E-state index is 13.1. The Balaban J connectivity index is 2.04. The van der Waals surface area contributed by atoms with Gasteiger partial charge in [0.2, 0.25) is 0 Å². The largest absolute Gasteiger partial charge is 0.416 e. The first-order chi connectivity index (χ1) is 13.1. The van der Waals surface area contributed by atoms with E-state index in [1.807, 2.05) is 13.0 Å². The van der Waals surface area contributed by atoms with Crippen molar-refractivity contribution in [2.75, 3.05) is 5.32 Å². The van der Waals surface area contributed by atoms with E-state index >= 15 is 0 Å². The fourth-order valence-electron chi connectivity index (χ4n) is 2.81. The van der Waals surface area contributed by atoms with Crippen LogP contribution in [0, 0.1) is 24.0 Å². The minimum Gasteiger partial charge on any atom is -0.361 e. The molecule has 0 fully saturated rings. The van der Waals surface area contributed by atoms with Gasteiger partial charge in [-0.3, -0.25) is 15.1 Å². The lowest BCUT2D eigenvalue weighted by molar-refractivity contribution is -0.385. The highest BCUT2D eigenvalue weighted by Gasteiger charge is 2.33. The van der Waals surface area contributed by atoms with Crippen LogP contribution in [0.25, 0.3) is 10.9 Å². The number of hydrogen-bond acceptors (Lipinski definition) is 6. The number of fused-ring (bicyclic) bond motifs is 1. The third-order valence-corrected chi connectivity index (χ3v) is 4.25. The molecule has 3 aromatic rings. The molecule has 1 aromatic carbocycles. The summed E-state index contributed by atoms with van der Waals surface area (Å²) < 4.78 is 39.4. The molecule has 0 unspecified atom stereocenters. The molecule has 0 amide bonds. The second-order valence-corrected chi connectivity index (χ2v) is 6.48. The van der Waals surface area contributed by atoms with Crippen LogP contribution >= 0.6 is 0 Å². The maximum Gasteiger partial charge on any atom is 0.416 e. The molecule has 0 aliphatic heterocycles. The molecule has 0 saturated carbocycles. The number of alkyl halides is 3. The van der Waals surface area contributed by atoms with Gasteiger partial charge in [0, 0.05) is 23.7 Å². The van der Waals surface area contributed by atoms with E-state index in [0.717, 1.165) is 17.7 Å². The van der Waals surface area contributed by atoms with Crippen molar-refractivity contribution >= 4 is 22.4 Å². The Hall–Kier alpha value is -3.30. The second-order valence-electron chi connectivity index (χ2n) is 6.48. The number of halogens is 3. The van der Waals surface area contributed by atoms with Gasteiger partial charge < -0.3 is 5.32 Å². The number of non-ortho nitro benzene ring substituents is 1. The first-order valence-corrected chi connectivity index (χ1v) is 8.29. The van der Waals surface area contributed by atoms with Crippen LogP contribution in [0.1, 0.15) is 35.3 Å². The monoisotopic (exact) mass is 391 g/mol. The van der Waals surface area contributed by atoms with Crippen LogP contribution in [0.5, 0.6) is 0 Å². The lowest BCUT2D eigenvalue weighted by Gasteiger charge is -2.18. The van der Waals surface area contributed by atoms with Gasteiger partial charge in [0.05, 0.1) is 27.7 Å². The van der Waals surface area contributed by atoms with Crippen molar-refractivity contribution in [2.45, 2.75) is 33.0 Å². The standard InChI is InChI=1S/C18H16F3N5O2/c1-9-4-15-16(22-8-9)11(3)24-25-17(15)23-10(2)12-5-13(18(19,20)21)7-14(6-12)26(27)28/h4-8,10H,1-3H3,(H,23,25)/t10-/m1/s1. The first kappa shape index (κ1) is 19.5. The Morgan fingerprint density at radius 3 is 2.50 bits per heavy atom. The van der Waals surface area contributed by atoms with Gasteiger partial charge in [-0.15, -0.1) is 5.10 Å². The summed E-state index contributed by atoms with van der Waals surface area (Å²) in [5.41, 5.74) is 0.509. The Morgan fingerprint density at radius 2 is 1.86 bits per heavy atom. The van der Waals surface area contributed by atoms with Crippen molar-refractivity contribution < 1.29 is 18.1 Å². The van der Waals surface area contributed by atoms with E-state index in [1.54, 1.807) is 20.0 Å². The van der Waals surface area contributed by atoms with Gasteiger partial charge in [-0.05, 0) is 44.0 Å². The van der Waals surface area contributed by atoms with Crippen LogP contribution in [0.3, 0.4) is 0 Å². The van der Waals surface area contributed by atoms with E-state index in [1.165, 1.54) is 0 Å². The summed E-state index contributed by atoms with van der Waals surface area (Å²) in [6.07, 6.45) is -3.02. The number of nitro groups is 1. The zero-order valence-corrected chi connectivity index (χ0v) is 15.2. The normalized spacial score (nSPS) is 12.8. The zero-order valence-electron chi connectivity index (χ0n) is 15.2. The number of benzene rings is 1. The summed E-state index contributed by atoms with van der Waals surface area (Å²) in [6, 6.07) is 3.66. The number of nitro benzene ring substituents is 1. The molecule has 1 atom stereocenters. The molecule has 0 spiro atoms. The highest BCUT2D eigenvalue weighted by atomic mass is 19.4. The molecule has 2 heterocycles. The fourth-order valence-corrected chi connectivity index (χ4v) is 2.81. The SMILES string of the molecule is Cc1cnc2c(C)nnc(N[C@H](C)c3cc([N+](=O)[O-])cc(C(F)(F)F)c3)c2c1. The maximum atomic E-state index is 13.1. The summed E-state index contributed by atoms with van der Waals surface area (Å²) in [7, 11) is 0. The van der Waals surface area contributed by atoms with E-state index in [9.17, 15) is 23.3 Å². The molecule has 10 heteroatoms. The third-order valence-electron chi connectivity index (χ3n) is 4.25. The third kappa shape index (κ3) is 3.85. The van der Waals surface area contributed by atoms with Gasteiger partial charge in [0.25, 0.3) is 5.69 Å². The molecular weight excluding hydrogens is 375 g/mol. The number of nitrogens with zero attached hydrogens (tertiary/aromatic N) is 4. The van der Waals surface area contributed by atoms with E-state index in [0.29, 0.717) is 28.5 Å². The van der Waals surface area contributed by atoms with Gasteiger partial charge in [-0.25, -0.2) is 0 Å². The van der Waals surface area contributed by atoms with Gasteiger partial charge in [0.15, 0.2) is 5.82 Å². The number of pyridine rings is 1. The number of aromatic nitrogens is 3. The first-order valence-electron chi connectivity index (χ1n) is 8.29. The smallest absolute Gasteiger partial charge is 0.361 e. The molecule has 0 saturated heterocycles. The minimum absolute atomic E-state index is 0.109. The van der Waals surface area contributed by atoms with Crippen LogP contribution < -0.4 is 5.32 Å². The van der Waals surface area contributed by atoms with Crippen molar-refractivity contribution in [3.05, 3.63) is 63.0 Å². The zero-order chi connectivity index (χ0) is 20.6. The molecule has 1 N–H and O–H groups in total. The lowest BCUT2D eigenvalue weighted by atomic mass is 10.0. The van der Waals surface area contributed by atoms with Gasteiger partial charge in [0.1, 0.15) is 0 Å². The molecular formula is C18H16F3N5O2. The summed E-state index contributed by atoms with van der Waals surface area (Å²) in [4.78, 5) is 14.5. The molecule has 7 nitrogen and oxygen atoms in total. The average Bonchev–Trinajstić information content (AvgIpc) is 2.62. The van der Waals surface area contributed by atoms with E-state index in [-0.39, 0.29) is 5.56 Å². The van der Waals surface area contributed by atoms with Crippen LogP contribution in [-0.2, 0) is 6.18 Å². The minimum atomic E-state index is -4.70. The molecule has 0 radical (unpaired) electrons. The molecule has 0 aliphatic carbocycles. The van der Waals surface area contributed by atoms with Crippen LogP contribution in [-0.4, -0.2) is 20.1 Å². The Morgan fingerprint density at radius 1 is 1.14 bits per heavy atom. The summed E-state index contributed by atoms with van der Waals surface area (Å²) >= 11 is 0. The number of rotatable bonds is 4.